The smallest absolute Gasteiger partial charge is 0.273 e. The number of carbonyl (C=O) groups is 1. The number of nitrogens with one attached hydrogen (secondary N) is 1. The van der Waals surface area contributed by atoms with Crippen molar-refractivity contribution in [2.75, 3.05) is 26.2 Å². The van der Waals surface area contributed by atoms with Crippen LogP contribution in [0, 0.1) is 5.41 Å². The highest BCUT2D eigenvalue weighted by Gasteiger charge is 2.37. The van der Waals surface area contributed by atoms with Crippen LogP contribution in [-0.4, -0.2) is 42.0 Å². The van der Waals surface area contributed by atoms with Crippen LogP contribution in [-0.2, 0) is 6.42 Å². The quantitative estimate of drug-likeness (QED) is 0.918. The maximum Gasteiger partial charge on any atom is 0.273 e. The van der Waals surface area contributed by atoms with Gasteiger partial charge in [-0.25, -0.2) is 4.98 Å². The number of likely N-dealkylation sites (tertiary alicyclic amines) is 1. The number of amides is 1. The number of nitrogens with zero attached hydrogens (tertiary/aromatic N) is 2. The molecule has 0 aliphatic carbocycles. The lowest BCUT2D eigenvalue weighted by atomic mass is 9.71. The number of benzene rings is 1. The lowest BCUT2D eigenvalue weighted by Crippen LogP contribution is -2.47. The number of piperidine rings is 2. The predicted molar refractivity (Wildman–Crippen MR) is 101 cm³/mol. The monoisotopic (exact) mass is 355 g/mol. The average Bonchev–Trinajstić information content (AvgIpc) is 3.12. The third-order valence-corrected chi connectivity index (χ3v) is 6.59. The first kappa shape index (κ1) is 16.7. The Bertz CT molecular complexity index is 712. The maximum absolute atomic E-state index is 12.8. The van der Waals surface area contributed by atoms with E-state index < -0.39 is 0 Å². The van der Waals surface area contributed by atoms with Crippen LogP contribution in [0.1, 0.15) is 46.7 Å². The number of aromatic nitrogens is 1. The number of hydrogen-bond donors (Lipinski definition) is 1. The average molecular weight is 356 g/mol. The van der Waals surface area contributed by atoms with E-state index in [0.29, 0.717) is 11.1 Å². The molecule has 1 spiro atoms. The second-order valence-corrected chi connectivity index (χ2v) is 8.27. The van der Waals surface area contributed by atoms with E-state index in [1.807, 2.05) is 28.5 Å². The van der Waals surface area contributed by atoms with Crippen molar-refractivity contribution < 1.29 is 4.79 Å². The summed E-state index contributed by atoms with van der Waals surface area (Å²) in [4.78, 5) is 19.4. The van der Waals surface area contributed by atoms with Gasteiger partial charge in [0.05, 0.1) is 5.01 Å². The van der Waals surface area contributed by atoms with Crippen molar-refractivity contribution in [1.82, 2.24) is 15.2 Å². The zero-order valence-electron chi connectivity index (χ0n) is 14.5. The molecule has 0 saturated carbocycles. The molecular formula is C20H25N3OS. The Morgan fingerprint density at radius 2 is 1.84 bits per heavy atom. The van der Waals surface area contributed by atoms with Gasteiger partial charge in [0.15, 0.2) is 0 Å². The van der Waals surface area contributed by atoms with Crippen molar-refractivity contribution in [3.8, 4) is 0 Å². The van der Waals surface area contributed by atoms with Gasteiger partial charge in [0.1, 0.15) is 5.69 Å². The van der Waals surface area contributed by atoms with Gasteiger partial charge in [-0.1, -0.05) is 30.3 Å². The summed E-state index contributed by atoms with van der Waals surface area (Å²) in [5.74, 6) is 0.111. The Balaban J connectivity index is 1.37. The van der Waals surface area contributed by atoms with Gasteiger partial charge in [-0.15, -0.1) is 11.3 Å². The van der Waals surface area contributed by atoms with Crippen LogP contribution >= 0.6 is 11.3 Å². The van der Waals surface area contributed by atoms with Gasteiger partial charge in [-0.05, 0) is 49.8 Å². The van der Waals surface area contributed by atoms with Gasteiger partial charge >= 0.3 is 0 Å². The van der Waals surface area contributed by atoms with Crippen molar-refractivity contribution in [2.24, 2.45) is 5.41 Å². The van der Waals surface area contributed by atoms with Crippen LogP contribution in [0.4, 0.5) is 0 Å². The molecule has 1 N–H and O–H groups in total. The lowest BCUT2D eigenvalue weighted by molar-refractivity contribution is 0.0491. The predicted octanol–water partition coefficient (Wildman–Crippen LogP) is 3.34. The minimum Gasteiger partial charge on any atom is -0.337 e. The first-order chi connectivity index (χ1) is 12.2. The van der Waals surface area contributed by atoms with Crippen molar-refractivity contribution in [3.05, 3.63) is 52.0 Å². The summed E-state index contributed by atoms with van der Waals surface area (Å²) in [5.41, 5.74) is 2.33. The molecule has 2 aliphatic rings. The molecule has 2 fully saturated rings. The molecular weight excluding hydrogens is 330 g/mol. The van der Waals surface area contributed by atoms with Gasteiger partial charge in [-0.2, -0.15) is 0 Å². The molecule has 1 aromatic heterocycles. The molecule has 2 aliphatic heterocycles. The van der Waals surface area contributed by atoms with Crippen molar-refractivity contribution >= 4 is 17.2 Å². The molecule has 3 heterocycles. The molecule has 0 radical (unpaired) electrons. The van der Waals surface area contributed by atoms with Crippen LogP contribution < -0.4 is 5.32 Å². The fraction of sp³-hybridized carbons (Fsp3) is 0.500. The fourth-order valence-corrected chi connectivity index (χ4v) is 4.87. The summed E-state index contributed by atoms with van der Waals surface area (Å²) in [7, 11) is 0. The number of hydrogen-bond acceptors (Lipinski definition) is 4. The number of carbonyl (C=O) groups excluding carboxylic acids is 1. The summed E-state index contributed by atoms with van der Waals surface area (Å²) in [6, 6.07) is 10.3. The summed E-state index contributed by atoms with van der Waals surface area (Å²) in [6.45, 7) is 4.01. The maximum atomic E-state index is 12.8. The van der Waals surface area contributed by atoms with Crippen LogP contribution in [0.5, 0.6) is 0 Å². The Morgan fingerprint density at radius 1 is 1.12 bits per heavy atom. The van der Waals surface area contributed by atoms with Gasteiger partial charge in [0.2, 0.25) is 0 Å². The second-order valence-electron chi connectivity index (χ2n) is 7.33. The van der Waals surface area contributed by atoms with E-state index in [4.69, 9.17) is 0 Å². The minimum atomic E-state index is 0.111. The summed E-state index contributed by atoms with van der Waals surface area (Å²) in [5, 5.41) is 6.39. The van der Waals surface area contributed by atoms with Crippen LogP contribution in [0.25, 0.3) is 0 Å². The van der Waals surface area contributed by atoms with Gasteiger partial charge < -0.3 is 10.2 Å². The zero-order valence-corrected chi connectivity index (χ0v) is 15.4. The lowest BCUT2D eigenvalue weighted by Gasteiger charge is -2.44. The largest absolute Gasteiger partial charge is 0.337 e. The van der Waals surface area contributed by atoms with E-state index in [-0.39, 0.29) is 5.91 Å². The second kappa shape index (κ2) is 7.26. The zero-order chi connectivity index (χ0) is 17.1. The summed E-state index contributed by atoms with van der Waals surface area (Å²) < 4.78 is 0. The Kier molecular flexibility index (Phi) is 4.86. The van der Waals surface area contributed by atoms with Crippen molar-refractivity contribution in [2.45, 2.75) is 32.1 Å². The highest BCUT2D eigenvalue weighted by atomic mass is 32.1. The van der Waals surface area contributed by atoms with Gasteiger partial charge in [0, 0.05) is 24.9 Å². The standard InChI is InChI=1S/C20H25N3OS/c24-19(23-12-8-20(9-13-23)6-10-21-11-7-20)17-15-25-18(22-17)14-16-4-2-1-3-5-16/h1-5,15,21H,6-14H2. The molecule has 4 nitrogen and oxygen atoms in total. The minimum absolute atomic E-state index is 0.111. The highest BCUT2D eigenvalue weighted by Crippen LogP contribution is 2.39. The van der Waals surface area contributed by atoms with E-state index in [2.05, 4.69) is 22.4 Å². The van der Waals surface area contributed by atoms with Crippen LogP contribution in [0.2, 0.25) is 0 Å². The van der Waals surface area contributed by atoms with Crippen molar-refractivity contribution in [3.63, 3.8) is 0 Å². The van der Waals surface area contributed by atoms with E-state index in [1.165, 1.54) is 18.4 Å². The van der Waals surface area contributed by atoms with Crippen molar-refractivity contribution in [1.29, 1.82) is 0 Å². The van der Waals surface area contributed by atoms with Gasteiger partial charge in [0.25, 0.3) is 5.91 Å². The molecule has 1 amide bonds. The first-order valence-electron chi connectivity index (χ1n) is 9.23. The Hall–Kier alpha value is -1.72. The molecule has 0 unspecified atom stereocenters. The normalized spacial score (nSPS) is 19.9. The molecule has 2 saturated heterocycles. The summed E-state index contributed by atoms with van der Waals surface area (Å²) >= 11 is 1.59. The van der Waals surface area contributed by atoms with E-state index in [0.717, 1.165) is 50.4 Å². The Labute approximate surface area is 153 Å². The molecule has 25 heavy (non-hydrogen) atoms. The Morgan fingerprint density at radius 3 is 2.56 bits per heavy atom. The summed E-state index contributed by atoms with van der Waals surface area (Å²) in [6.07, 6.45) is 5.59. The van der Waals surface area contributed by atoms with Gasteiger partial charge in [-0.3, -0.25) is 4.79 Å². The van der Waals surface area contributed by atoms with Crippen LogP contribution in [0.3, 0.4) is 0 Å². The molecule has 0 atom stereocenters. The van der Waals surface area contributed by atoms with Crippen LogP contribution in [0.15, 0.2) is 35.7 Å². The number of rotatable bonds is 3. The topological polar surface area (TPSA) is 45.2 Å². The molecule has 0 bridgehead atoms. The first-order valence-corrected chi connectivity index (χ1v) is 10.1. The molecule has 5 heteroatoms. The SMILES string of the molecule is O=C(c1csc(Cc2ccccc2)n1)N1CCC2(CCNCC2)CC1. The molecule has 2 aromatic rings. The third kappa shape index (κ3) is 3.77. The fourth-order valence-electron chi connectivity index (χ4n) is 4.06. The van der Waals surface area contributed by atoms with E-state index >= 15 is 0 Å². The number of thiazole rings is 1. The van der Waals surface area contributed by atoms with E-state index in [9.17, 15) is 4.79 Å². The highest BCUT2D eigenvalue weighted by molar-refractivity contribution is 7.09. The molecule has 4 rings (SSSR count). The third-order valence-electron chi connectivity index (χ3n) is 5.74. The molecule has 1 aromatic carbocycles. The molecule has 132 valence electrons. The van der Waals surface area contributed by atoms with E-state index in [1.54, 1.807) is 11.3 Å².